The number of halogens is 1. The van der Waals surface area contributed by atoms with Gasteiger partial charge in [0.2, 0.25) is 6.10 Å². The largest absolute Gasteiger partial charge is 0.479 e. The Labute approximate surface area is 168 Å². The van der Waals surface area contributed by atoms with Gasteiger partial charge < -0.3 is 14.8 Å². The van der Waals surface area contributed by atoms with Crippen LogP contribution in [0.2, 0.25) is 5.02 Å². The first-order chi connectivity index (χ1) is 13.3. The zero-order valence-electron chi connectivity index (χ0n) is 15.7. The predicted octanol–water partition coefficient (Wildman–Crippen LogP) is 3.16. The number of imide groups is 1. The summed E-state index contributed by atoms with van der Waals surface area (Å²) in [5.74, 6) is -1.05. The molecule has 148 valence electrons. The molecule has 0 spiro atoms. The van der Waals surface area contributed by atoms with Crippen LogP contribution in [0.3, 0.4) is 0 Å². The minimum absolute atomic E-state index is 0.423. The fraction of sp³-hybridized carbons (Fsp3) is 0.250. The molecule has 2 N–H and O–H groups in total. The highest BCUT2D eigenvalue weighted by molar-refractivity contribution is 6.30. The normalized spacial score (nSPS) is 12.4. The zero-order valence-corrected chi connectivity index (χ0v) is 16.4. The number of carbonyl (C=O) groups excluding carboxylic acids is 3. The molecule has 3 amide bonds. The number of nitrogens with one attached hydrogen (secondary N) is 2. The average molecular weight is 405 g/mol. The first-order valence-electron chi connectivity index (χ1n) is 8.52. The average Bonchev–Trinajstić information content (AvgIpc) is 2.68. The van der Waals surface area contributed by atoms with Crippen molar-refractivity contribution >= 4 is 29.5 Å². The summed E-state index contributed by atoms with van der Waals surface area (Å²) in [6.07, 6.45) is -2.29. The van der Waals surface area contributed by atoms with Gasteiger partial charge in [0.05, 0.1) is 0 Å². The second kappa shape index (κ2) is 9.75. The molecule has 8 heteroatoms. The molecule has 0 aromatic heterocycles. The molecule has 7 nitrogen and oxygen atoms in total. The second-order valence-corrected chi connectivity index (χ2v) is 6.40. The highest BCUT2D eigenvalue weighted by atomic mass is 35.5. The Bertz CT molecular complexity index is 857. The molecule has 2 rings (SSSR count). The minimum Gasteiger partial charge on any atom is -0.479 e. The van der Waals surface area contributed by atoms with Gasteiger partial charge in [-0.3, -0.25) is 10.1 Å². The molecular formula is C20H21ClN2O5. The number of hydrogen-bond donors (Lipinski definition) is 2. The molecule has 0 bridgehead atoms. The lowest BCUT2D eigenvalue weighted by Gasteiger charge is -2.21. The first-order valence-corrected chi connectivity index (χ1v) is 8.90. The van der Waals surface area contributed by atoms with Crippen LogP contribution < -0.4 is 15.4 Å². The SMILES string of the molecule is CNC(=O)NC(=O)C(OC(=O)C(C)Oc1ccc(Cl)cc1C)c1ccccc1. The third-order valence-corrected chi connectivity index (χ3v) is 4.05. The Morgan fingerprint density at radius 2 is 1.75 bits per heavy atom. The third-order valence-electron chi connectivity index (χ3n) is 3.81. The maximum absolute atomic E-state index is 12.5. The monoisotopic (exact) mass is 404 g/mol. The standard InChI is InChI=1S/C20H21ClN2O5/c1-12-11-15(21)9-10-16(12)27-13(2)19(25)28-17(14-7-5-4-6-8-14)18(24)23-20(26)22-3/h4-11,13,17H,1-3H3,(H2,22,23,24,26). The van der Waals surface area contributed by atoms with Crippen molar-refractivity contribution in [2.75, 3.05) is 7.05 Å². The van der Waals surface area contributed by atoms with Crippen molar-refractivity contribution in [3.05, 3.63) is 64.7 Å². The fourth-order valence-corrected chi connectivity index (χ4v) is 2.56. The molecule has 0 radical (unpaired) electrons. The quantitative estimate of drug-likeness (QED) is 0.721. The van der Waals surface area contributed by atoms with E-state index in [0.29, 0.717) is 16.3 Å². The van der Waals surface area contributed by atoms with E-state index in [0.717, 1.165) is 5.56 Å². The van der Waals surface area contributed by atoms with E-state index >= 15 is 0 Å². The highest BCUT2D eigenvalue weighted by Gasteiger charge is 2.29. The predicted molar refractivity (Wildman–Crippen MR) is 104 cm³/mol. The van der Waals surface area contributed by atoms with E-state index in [2.05, 4.69) is 10.6 Å². The number of hydrogen-bond acceptors (Lipinski definition) is 5. The molecule has 0 saturated carbocycles. The van der Waals surface area contributed by atoms with Gasteiger partial charge in [-0.1, -0.05) is 41.9 Å². The molecule has 2 atom stereocenters. The molecule has 2 aromatic carbocycles. The highest BCUT2D eigenvalue weighted by Crippen LogP contribution is 2.24. The summed E-state index contributed by atoms with van der Waals surface area (Å²) in [7, 11) is 1.37. The Hall–Kier alpha value is -3.06. The summed E-state index contributed by atoms with van der Waals surface area (Å²) >= 11 is 5.92. The van der Waals surface area contributed by atoms with Crippen molar-refractivity contribution in [3.63, 3.8) is 0 Å². The van der Waals surface area contributed by atoms with E-state index in [1.807, 2.05) is 0 Å². The van der Waals surface area contributed by atoms with Crippen LogP contribution in [0, 0.1) is 6.92 Å². The summed E-state index contributed by atoms with van der Waals surface area (Å²) < 4.78 is 11.0. The van der Waals surface area contributed by atoms with Crippen LogP contribution in [0.5, 0.6) is 5.75 Å². The van der Waals surface area contributed by atoms with Crippen molar-refractivity contribution in [2.24, 2.45) is 0 Å². The number of rotatable bonds is 6. The molecule has 0 fully saturated rings. The number of esters is 1. The second-order valence-electron chi connectivity index (χ2n) is 5.97. The molecule has 2 unspecified atom stereocenters. The van der Waals surface area contributed by atoms with Crippen molar-refractivity contribution in [1.29, 1.82) is 0 Å². The molecule has 0 aliphatic rings. The van der Waals surface area contributed by atoms with Crippen molar-refractivity contribution in [3.8, 4) is 5.75 Å². The van der Waals surface area contributed by atoms with E-state index in [1.54, 1.807) is 55.5 Å². The van der Waals surface area contributed by atoms with Crippen molar-refractivity contribution in [1.82, 2.24) is 10.6 Å². The Morgan fingerprint density at radius 1 is 1.07 bits per heavy atom. The number of benzene rings is 2. The number of urea groups is 1. The molecule has 0 saturated heterocycles. The maximum Gasteiger partial charge on any atom is 0.348 e. The van der Waals surface area contributed by atoms with Crippen LogP contribution >= 0.6 is 11.6 Å². The zero-order chi connectivity index (χ0) is 20.7. The molecule has 0 heterocycles. The molecule has 28 heavy (non-hydrogen) atoms. The van der Waals surface area contributed by atoms with Gasteiger partial charge in [-0.2, -0.15) is 0 Å². The Morgan fingerprint density at radius 3 is 2.36 bits per heavy atom. The van der Waals surface area contributed by atoms with Gasteiger partial charge in [-0.05, 0) is 37.6 Å². The Kier molecular flexibility index (Phi) is 7.40. The third kappa shape index (κ3) is 5.72. The summed E-state index contributed by atoms with van der Waals surface area (Å²) in [5.41, 5.74) is 1.18. The number of carbonyl (C=O) groups is 3. The number of aryl methyl sites for hydroxylation is 1. The van der Waals surface area contributed by atoms with Gasteiger partial charge in [0, 0.05) is 17.6 Å². The topological polar surface area (TPSA) is 93.7 Å². The van der Waals surface area contributed by atoms with Gasteiger partial charge in [-0.25, -0.2) is 9.59 Å². The summed E-state index contributed by atoms with van der Waals surface area (Å²) in [6, 6.07) is 12.7. The van der Waals surface area contributed by atoms with Gasteiger partial charge in [0.15, 0.2) is 6.10 Å². The van der Waals surface area contributed by atoms with Crippen molar-refractivity contribution in [2.45, 2.75) is 26.1 Å². The van der Waals surface area contributed by atoms with Crippen LogP contribution in [0.4, 0.5) is 4.79 Å². The van der Waals surface area contributed by atoms with Gasteiger partial charge in [0.1, 0.15) is 5.75 Å². The summed E-state index contributed by atoms with van der Waals surface area (Å²) in [6.45, 7) is 3.30. The van der Waals surface area contributed by atoms with Gasteiger partial charge >= 0.3 is 12.0 Å². The van der Waals surface area contributed by atoms with Gasteiger partial charge in [0.25, 0.3) is 5.91 Å². The smallest absolute Gasteiger partial charge is 0.348 e. The lowest BCUT2D eigenvalue weighted by atomic mass is 10.1. The Balaban J connectivity index is 2.14. The van der Waals surface area contributed by atoms with E-state index in [9.17, 15) is 14.4 Å². The number of ether oxygens (including phenoxy) is 2. The summed E-state index contributed by atoms with van der Waals surface area (Å²) in [4.78, 5) is 36.4. The lowest BCUT2D eigenvalue weighted by molar-refractivity contribution is -0.162. The van der Waals surface area contributed by atoms with Crippen LogP contribution in [0.1, 0.15) is 24.2 Å². The van der Waals surface area contributed by atoms with E-state index in [4.69, 9.17) is 21.1 Å². The van der Waals surface area contributed by atoms with E-state index in [1.165, 1.54) is 14.0 Å². The summed E-state index contributed by atoms with van der Waals surface area (Å²) in [5, 5.41) is 4.94. The van der Waals surface area contributed by atoms with Crippen molar-refractivity contribution < 1.29 is 23.9 Å². The fourth-order valence-electron chi connectivity index (χ4n) is 2.34. The van der Waals surface area contributed by atoms with Crippen LogP contribution in [-0.4, -0.2) is 31.1 Å². The van der Waals surface area contributed by atoms with E-state index < -0.39 is 30.1 Å². The van der Waals surface area contributed by atoms with Crippen LogP contribution in [0.15, 0.2) is 48.5 Å². The number of amides is 3. The molecular weight excluding hydrogens is 384 g/mol. The maximum atomic E-state index is 12.5. The lowest BCUT2D eigenvalue weighted by Crippen LogP contribution is -2.42. The van der Waals surface area contributed by atoms with Gasteiger partial charge in [-0.15, -0.1) is 0 Å². The first kappa shape index (κ1) is 21.2. The van der Waals surface area contributed by atoms with Crippen LogP contribution in [0.25, 0.3) is 0 Å². The molecule has 0 aliphatic carbocycles. The molecule has 0 aliphatic heterocycles. The van der Waals surface area contributed by atoms with E-state index in [-0.39, 0.29) is 0 Å². The van der Waals surface area contributed by atoms with Crippen LogP contribution in [-0.2, 0) is 14.3 Å². The minimum atomic E-state index is -1.30. The molecule has 2 aromatic rings.